The van der Waals surface area contributed by atoms with Crippen molar-refractivity contribution in [2.24, 2.45) is 17.3 Å². The van der Waals surface area contributed by atoms with E-state index in [4.69, 9.17) is 4.74 Å². The first-order valence-electron chi connectivity index (χ1n) is 6.97. The minimum atomic E-state index is -3.43. The molecule has 2 unspecified atom stereocenters. The van der Waals surface area contributed by atoms with E-state index < -0.39 is 17.5 Å². The van der Waals surface area contributed by atoms with Gasteiger partial charge in [-0.2, -0.15) is 8.78 Å². The molecule has 19 heavy (non-hydrogen) atoms. The van der Waals surface area contributed by atoms with Gasteiger partial charge in [0.25, 0.3) is 0 Å². The Bertz CT molecular complexity index is 388. The van der Waals surface area contributed by atoms with Crippen LogP contribution < -0.4 is 0 Å². The third-order valence-electron chi connectivity index (χ3n) is 5.02. The summed E-state index contributed by atoms with van der Waals surface area (Å²) in [6.45, 7) is 0.590. The maximum Gasteiger partial charge on any atom is 0.376 e. The summed E-state index contributed by atoms with van der Waals surface area (Å²) in [6, 6.07) is 0. The molecule has 4 rings (SSSR count). The summed E-state index contributed by atoms with van der Waals surface area (Å²) in [5, 5.41) is 10.5. The number of esters is 1. The molecule has 0 aromatic heterocycles. The van der Waals surface area contributed by atoms with Gasteiger partial charge in [-0.3, -0.25) is 0 Å². The summed E-state index contributed by atoms with van der Waals surface area (Å²) >= 11 is 0. The second-order valence-electron chi connectivity index (χ2n) is 7.15. The summed E-state index contributed by atoms with van der Waals surface area (Å²) in [5.74, 6) is -3.95. The Hall–Kier alpha value is -0.710. The van der Waals surface area contributed by atoms with E-state index in [1.807, 2.05) is 0 Å². The van der Waals surface area contributed by atoms with Crippen molar-refractivity contribution in [1.29, 1.82) is 0 Å². The SMILES string of the molecule is CC(F)(F)C(=O)OCC12CC3CC(CC(O)(C3)C1)C2. The van der Waals surface area contributed by atoms with Crippen molar-refractivity contribution in [2.45, 2.75) is 57.0 Å². The van der Waals surface area contributed by atoms with Gasteiger partial charge in [-0.15, -0.1) is 0 Å². The number of alkyl halides is 2. The normalized spacial score (nSPS) is 44.4. The second-order valence-corrected chi connectivity index (χ2v) is 7.15. The van der Waals surface area contributed by atoms with E-state index in [2.05, 4.69) is 0 Å². The Morgan fingerprint density at radius 3 is 2.37 bits per heavy atom. The van der Waals surface area contributed by atoms with Crippen LogP contribution in [0.1, 0.15) is 45.4 Å². The molecular weight excluding hydrogens is 254 g/mol. The first kappa shape index (κ1) is 13.3. The zero-order chi connectivity index (χ0) is 13.9. The largest absolute Gasteiger partial charge is 0.461 e. The van der Waals surface area contributed by atoms with Crippen LogP contribution in [0.4, 0.5) is 8.78 Å². The molecule has 5 heteroatoms. The molecule has 0 spiro atoms. The van der Waals surface area contributed by atoms with E-state index in [0.717, 1.165) is 32.1 Å². The highest BCUT2D eigenvalue weighted by molar-refractivity contribution is 5.76. The summed E-state index contributed by atoms with van der Waals surface area (Å²) in [6.07, 6.45) is 5.16. The molecule has 4 saturated carbocycles. The lowest BCUT2D eigenvalue weighted by Crippen LogP contribution is -2.57. The Kier molecular flexibility index (Phi) is 2.73. The molecule has 3 nitrogen and oxygen atoms in total. The quantitative estimate of drug-likeness (QED) is 0.804. The highest BCUT2D eigenvalue weighted by Crippen LogP contribution is 2.61. The maximum absolute atomic E-state index is 12.8. The molecule has 4 aliphatic rings. The van der Waals surface area contributed by atoms with Crippen molar-refractivity contribution < 1.29 is 23.4 Å². The smallest absolute Gasteiger partial charge is 0.376 e. The Morgan fingerprint density at radius 2 is 1.89 bits per heavy atom. The first-order valence-corrected chi connectivity index (χ1v) is 6.97. The van der Waals surface area contributed by atoms with E-state index in [9.17, 15) is 18.7 Å². The van der Waals surface area contributed by atoms with Gasteiger partial charge in [0.05, 0.1) is 12.2 Å². The van der Waals surface area contributed by atoms with Crippen LogP contribution in [0.2, 0.25) is 0 Å². The molecule has 4 aliphatic carbocycles. The number of halogens is 2. The van der Waals surface area contributed by atoms with Gasteiger partial charge < -0.3 is 9.84 Å². The highest BCUT2D eigenvalue weighted by Gasteiger charge is 2.57. The number of rotatable bonds is 3. The van der Waals surface area contributed by atoms with Gasteiger partial charge in [0.2, 0.25) is 0 Å². The van der Waals surface area contributed by atoms with Crippen molar-refractivity contribution in [1.82, 2.24) is 0 Å². The molecule has 0 radical (unpaired) electrons. The standard InChI is InChI=1S/C14H20F2O3/c1-12(15,16)11(17)19-8-13-3-9-2-10(4-13)6-14(18,5-9)7-13/h9-10,18H,2-8H2,1H3. The molecule has 1 N–H and O–H groups in total. The van der Waals surface area contributed by atoms with Crippen LogP contribution in [0.5, 0.6) is 0 Å². The highest BCUT2D eigenvalue weighted by atomic mass is 19.3. The van der Waals surface area contributed by atoms with E-state index >= 15 is 0 Å². The van der Waals surface area contributed by atoms with Gasteiger partial charge in [0, 0.05) is 12.3 Å². The number of carbonyl (C=O) groups excluding carboxylic acids is 1. The van der Waals surface area contributed by atoms with E-state index in [0.29, 0.717) is 25.2 Å². The van der Waals surface area contributed by atoms with Gasteiger partial charge in [0.1, 0.15) is 0 Å². The van der Waals surface area contributed by atoms with Crippen molar-refractivity contribution in [3.8, 4) is 0 Å². The molecule has 0 aromatic carbocycles. The second kappa shape index (κ2) is 3.90. The third kappa shape index (κ3) is 2.37. The lowest BCUT2D eigenvalue weighted by atomic mass is 9.48. The lowest BCUT2D eigenvalue weighted by molar-refractivity contribution is -0.197. The fourth-order valence-electron chi connectivity index (χ4n) is 4.92. The third-order valence-corrected chi connectivity index (χ3v) is 5.02. The molecule has 0 aromatic rings. The van der Waals surface area contributed by atoms with Crippen molar-refractivity contribution in [2.75, 3.05) is 6.61 Å². The molecule has 0 saturated heterocycles. The van der Waals surface area contributed by atoms with Gasteiger partial charge >= 0.3 is 11.9 Å². The lowest BCUT2D eigenvalue weighted by Gasteiger charge is -2.59. The molecule has 108 valence electrons. The first-order chi connectivity index (χ1) is 8.70. The van der Waals surface area contributed by atoms with Crippen molar-refractivity contribution in [3.63, 3.8) is 0 Å². The number of hydrogen-bond donors (Lipinski definition) is 1. The van der Waals surface area contributed by atoms with Gasteiger partial charge in [-0.1, -0.05) is 0 Å². The Balaban J connectivity index is 1.69. The molecule has 0 heterocycles. The fourth-order valence-corrected chi connectivity index (χ4v) is 4.92. The van der Waals surface area contributed by atoms with Crippen LogP contribution in [-0.4, -0.2) is 29.2 Å². The van der Waals surface area contributed by atoms with Crippen molar-refractivity contribution >= 4 is 5.97 Å². The van der Waals surface area contributed by atoms with E-state index in [-0.39, 0.29) is 12.0 Å². The molecular formula is C14H20F2O3. The predicted molar refractivity (Wildman–Crippen MR) is 63.6 cm³/mol. The zero-order valence-electron chi connectivity index (χ0n) is 11.1. The maximum atomic E-state index is 12.8. The van der Waals surface area contributed by atoms with Crippen LogP contribution in [0, 0.1) is 17.3 Å². The van der Waals surface area contributed by atoms with Gasteiger partial charge in [-0.05, 0) is 50.4 Å². The fraction of sp³-hybridized carbons (Fsp3) is 0.929. The average Bonchev–Trinajstić information content (AvgIpc) is 2.21. The minimum absolute atomic E-state index is 0.0323. The molecule has 4 bridgehead atoms. The van der Waals surface area contributed by atoms with Crippen molar-refractivity contribution in [3.05, 3.63) is 0 Å². The zero-order valence-corrected chi connectivity index (χ0v) is 11.1. The minimum Gasteiger partial charge on any atom is -0.461 e. The van der Waals surface area contributed by atoms with Gasteiger partial charge in [0.15, 0.2) is 0 Å². The number of hydrogen-bond acceptors (Lipinski definition) is 3. The molecule has 0 amide bonds. The molecule has 2 atom stereocenters. The van der Waals surface area contributed by atoms with Gasteiger partial charge in [-0.25, -0.2) is 4.79 Å². The number of ether oxygens (including phenoxy) is 1. The monoisotopic (exact) mass is 274 g/mol. The summed E-state index contributed by atoms with van der Waals surface area (Å²) < 4.78 is 30.5. The van der Waals surface area contributed by atoms with Crippen LogP contribution in [-0.2, 0) is 9.53 Å². The number of aliphatic hydroxyl groups is 1. The summed E-state index contributed by atoms with van der Waals surface area (Å²) in [4.78, 5) is 11.2. The van der Waals surface area contributed by atoms with E-state index in [1.54, 1.807) is 0 Å². The average molecular weight is 274 g/mol. The van der Waals surface area contributed by atoms with Crippen LogP contribution in [0.25, 0.3) is 0 Å². The van der Waals surface area contributed by atoms with E-state index in [1.165, 1.54) is 0 Å². The summed E-state index contributed by atoms with van der Waals surface area (Å²) in [5.41, 5.74) is -0.912. The van der Waals surface area contributed by atoms with Crippen LogP contribution >= 0.6 is 0 Å². The topological polar surface area (TPSA) is 46.5 Å². The Morgan fingerprint density at radius 1 is 1.32 bits per heavy atom. The Labute approximate surface area is 111 Å². The summed E-state index contributed by atoms with van der Waals surface area (Å²) in [7, 11) is 0. The predicted octanol–water partition coefficient (Wildman–Crippen LogP) is 2.52. The number of carbonyl (C=O) groups is 1. The van der Waals surface area contributed by atoms with Crippen LogP contribution in [0.3, 0.4) is 0 Å². The van der Waals surface area contributed by atoms with Crippen LogP contribution in [0.15, 0.2) is 0 Å². The molecule has 0 aliphatic heterocycles. The molecule has 4 fully saturated rings.